The van der Waals surface area contributed by atoms with Crippen molar-refractivity contribution in [3.8, 4) is 0 Å². The number of hydrogen-bond donors (Lipinski definition) is 2. The first-order valence-electron chi connectivity index (χ1n) is 9.07. The van der Waals surface area contributed by atoms with E-state index in [1.165, 1.54) is 11.8 Å². The van der Waals surface area contributed by atoms with E-state index in [0.29, 0.717) is 17.4 Å². The van der Waals surface area contributed by atoms with Gasteiger partial charge in [-0.15, -0.1) is 24.0 Å². The van der Waals surface area contributed by atoms with Crippen molar-refractivity contribution in [2.75, 3.05) is 19.8 Å². The second kappa shape index (κ2) is 11.2. The summed E-state index contributed by atoms with van der Waals surface area (Å²) in [5.74, 6) is 0.700. The van der Waals surface area contributed by atoms with Crippen LogP contribution in [0.2, 0.25) is 5.02 Å². The van der Waals surface area contributed by atoms with Crippen molar-refractivity contribution < 1.29 is 8.42 Å². The number of guanidine groups is 1. The highest BCUT2D eigenvalue weighted by molar-refractivity contribution is 14.0. The van der Waals surface area contributed by atoms with Crippen LogP contribution in [0.15, 0.2) is 58.4 Å². The predicted molar refractivity (Wildman–Crippen MR) is 132 cm³/mol. The number of aliphatic imine (C=N–C) groups is 1. The van der Waals surface area contributed by atoms with E-state index in [0.717, 1.165) is 23.6 Å². The lowest BCUT2D eigenvalue weighted by molar-refractivity contribution is 0.359. The molecule has 0 atom stereocenters. The maximum atomic E-state index is 11.5. The third-order valence-corrected chi connectivity index (χ3v) is 5.70. The minimum Gasteiger partial charge on any atom is -0.356 e. The molecule has 0 bridgehead atoms. The fourth-order valence-corrected chi connectivity index (χ4v) is 3.69. The van der Waals surface area contributed by atoms with E-state index in [4.69, 9.17) is 11.6 Å². The Morgan fingerprint density at radius 2 is 1.72 bits per heavy atom. The van der Waals surface area contributed by atoms with Crippen LogP contribution in [0.1, 0.15) is 25.0 Å². The number of halogens is 2. The van der Waals surface area contributed by atoms with Crippen molar-refractivity contribution in [3.05, 3.63) is 64.7 Å². The topological polar surface area (TPSA) is 70.6 Å². The quantitative estimate of drug-likeness (QED) is 0.307. The van der Waals surface area contributed by atoms with Gasteiger partial charge in [0.25, 0.3) is 0 Å². The van der Waals surface area contributed by atoms with E-state index in [1.54, 1.807) is 31.3 Å². The summed E-state index contributed by atoms with van der Waals surface area (Å²) in [5.41, 5.74) is 2.20. The van der Waals surface area contributed by atoms with Gasteiger partial charge in [-0.25, -0.2) is 8.42 Å². The normalized spacial score (nSPS) is 12.2. The highest BCUT2D eigenvalue weighted by Crippen LogP contribution is 2.22. The maximum Gasteiger partial charge on any atom is 0.191 e. The van der Waals surface area contributed by atoms with Gasteiger partial charge in [0.1, 0.15) is 0 Å². The lowest BCUT2D eigenvalue weighted by Crippen LogP contribution is -2.42. The minimum absolute atomic E-state index is 0. The summed E-state index contributed by atoms with van der Waals surface area (Å²) < 4.78 is 23.1. The van der Waals surface area contributed by atoms with Crippen molar-refractivity contribution in [2.45, 2.75) is 31.7 Å². The van der Waals surface area contributed by atoms with Crippen LogP contribution >= 0.6 is 35.6 Å². The molecule has 0 saturated carbocycles. The highest BCUT2D eigenvalue weighted by Gasteiger charge is 2.19. The molecule has 5 nitrogen and oxygen atoms in total. The summed E-state index contributed by atoms with van der Waals surface area (Å²) in [6, 6.07) is 14.8. The van der Waals surface area contributed by atoms with Crippen molar-refractivity contribution >= 4 is 51.4 Å². The van der Waals surface area contributed by atoms with Gasteiger partial charge in [-0.3, -0.25) is 4.99 Å². The van der Waals surface area contributed by atoms with Crippen molar-refractivity contribution in [1.82, 2.24) is 10.6 Å². The van der Waals surface area contributed by atoms with Gasteiger partial charge in [-0.05, 0) is 47.2 Å². The number of rotatable bonds is 7. The second-order valence-electron chi connectivity index (χ2n) is 7.67. The molecule has 0 saturated heterocycles. The Labute approximate surface area is 196 Å². The standard InChI is InChI=1S/C21H28ClN3O2S.HI/c1-21(2,13-17-6-5-7-18(22)12-17)15-25-20(23-3)24-14-16-8-10-19(11-9-16)28(4,26)27;/h5-12H,13-15H2,1-4H3,(H2,23,24,25);1H. The van der Waals surface area contributed by atoms with Gasteiger partial charge in [0.15, 0.2) is 15.8 Å². The monoisotopic (exact) mass is 549 g/mol. The van der Waals surface area contributed by atoms with Crippen LogP contribution in [0, 0.1) is 5.41 Å². The fraction of sp³-hybridized carbons (Fsp3) is 0.381. The molecule has 0 amide bonds. The molecule has 2 N–H and O–H groups in total. The van der Waals surface area contributed by atoms with Crippen molar-refractivity contribution in [2.24, 2.45) is 10.4 Å². The molecule has 0 aromatic heterocycles. The Morgan fingerprint density at radius 1 is 1.07 bits per heavy atom. The van der Waals surface area contributed by atoms with Gasteiger partial charge in [0.05, 0.1) is 4.90 Å². The average Bonchev–Trinajstić information content (AvgIpc) is 2.61. The predicted octanol–water partition coefficient (Wildman–Crippen LogP) is 4.30. The summed E-state index contributed by atoms with van der Waals surface area (Å²) >= 11 is 6.08. The van der Waals surface area contributed by atoms with E-state index in [2.05, 4.69) is 35.5 Å². The van der Waals surface area contributed by atoms with Gasteiger partial charge in [0, 0.05) is 31.4 Å². The van der Waals surface area contributed by atoms with Crippen LogP contribution in [-0.2, 0) is 22.8 Å². The molecule has 29 heavy (non-hydrogen) atoms. The fourth-order valence-electron chi connectivity index (χ4n) is 2.85. The first kappa shape index (κ1) is 25.7. The smallest absolute Gasteiger partial charge is 0.191 e. The average molecular weight is 550 g/mol. The molecule has 2 rings (SSSR count). The minimum atomic E-state index is -3.17. The summed E-state index contributed by atoms with van der Waals surface area (Å²) in [4.78, 5) is 4.58. The number of sulfone groups is 1. The number of hydrogen-bond acceptors (Lipinski definition) is 3. The van der Waals surface area contributed by atoms with Gasteiger partial charge in [-0.1, -0.05) is 49.7 Å². The molecular formula is C21H29ClIN3O2S. The highest BCUT2D eigenvalue weighted by atomic mass is 127. The Kier molecular flexibility index (Phi) is 9.91. The summed E-state index contributed by atoms with van der Waals surface area (Å²) in [6.07, 6.45) is 2.10. The van der Waals surface area contributed by atoms with Crippen molar-refractivity contribution in [3.63, 3.8) is 0 Å². The van der Waals surface area contributed by atoms with E-state index in [9.17, 15) is 8.42 Å². The van der Waals surface area contributed by atoms with E-state index < -0.39 is 9.84 Å². The van der Waals surface area contributed by atoms with Crippen molar-refractivity contribution in [1.29, 1.82) is 0 Å². The zero-order valence-electron chi connectivity index (χ0n) is 17.2. The van der Waals surface area contributed by atoms with Crippen LogP contribution in [-0.4, -0.2) is 34.2 Å². The summed E-state index contributed by atoms with van der Waals surface area (Å²) in [6.45, 7) is 5.68. The molecule has 0 aliphatic carbocycles. The van der Waals surface area contributed by atoms with Gasteiger partial charge in [-0.2, -0.15) is 0 Å². The molecule has 160 valence electrons. The lowest BCUT2D eigenvalue weighted by Gasteiger charge is -2.26. The second-order valence-corrected chi connectivity index (χ2v) is 10.1. The van der Waals surface area contributed by atoms with Crippen LogP contribution in [0.4, 0.5) is 0 Å². The SMILES string of the molecule is CN=C(NCc1ccc(S(C)(=O)=O)cc1)NCC(C)(C)Cc1cccc(Cl)c1.I. The molecule has 2 aromatic rings. The summed E-state index contributed by atoms with van der Waals surface area (Å²) in [7, 11) is -1.45. The number of benzene rings is 2. The first-order chi connectivity index (χ1) is 13.1. The number of nitrogens with one attached hydrogen (secondary N) is 2. The Morgan fingerprint density at radius 3 is 2.28 bits per heavy atom. The number of nitrogens with zero attached hydrogens (tertiary/aromatic N) is 1. The molecule has 0 unspecified atom stereocenters. The third kappa shape index (κ3) is 8.92. The van der Waals surface area contributed by atoms with Crippen LogP contribution in [0.3, 0.4) is 0 Å². The van der Waals surface area contributed by atoms with E-state index >= 15 is 0 Å². The Balaban J connectivity index is 0.00000420. The molecule has 0 heterocycles. The Bertz CT molecular complexity index is 929. The van der Waals surface area contributed by atoms with E-state index in [1.807, 2.05) is 18.2 Å². The first-order valence-corrected chi connectivity index (χ1v) is 11.3. The molecule has 0 spiro atoms. The Hall–Kier alpha value is -1.32. The maximum absolute atomic E-state index is 11.5. The van der Waals surface area contributed by atoms with Gasteiger partial charge >= 0.3 is 0 Å². The third-order valence-electron chi connectivity index (χ3n) is 4.34. The summed E-state index contributed by atoms with van der Waals surface area (Å²) in [5, 5.41) is 7.37. The van der Waals surface area contributed by atoms with Gasteiger partial charge in [0.2, 0.25) is 0 Å². The lowest BCUT2D eigenvalue weighted by atomic mass is 9.86. The molecule has 0 radical (unpaired) electrons. The molecule has 0 aliphatic heterocycles. The van der Waals surface area contributed by atoms with E-state index in [-0.39, 0.29) is 29.4 Å². The molecular weight excluding hydrogens is 521 g/mol. The molecule has 2 aromatic carbocycles. The zero-order valence-corrected chi connectivity index (χ0v) is 21.1. The van der Waals surface area contributed by atoms with Crippen LogP contribution < -0.4 is 10.6 Å². The molecule has 8 heteroatoms. The van der Waals surface area contributed by atoms with Gasteiger partial charge < -0.3 is 10.6 Å². The largest absolute Gasteiger partial charge is 0.356 e. The molecule has 0 fully saturated rings. The van der Waals surface area contributed by atoms with Crippen LogP contribution in [0.25, 0.3) is 0 Å². The van der Waals surface area contributed by atoms with Crippen LogP contribution in [0.5, 0.6) is 0 Å². The molecule has 0 aliphatic rings. The zero-order chi connectivity index (χ0) is 20.8.